The van der Waals surface area contributed by atoms with E-state index in [-0.39, 0.29) is 18.2 Å². The van der Waals surface area contributed by atoms with E-state index in [2.05, 4.69) is 26.1 Å². The molecule has 0 aliphatic carbocycles. The van der Waals surface area contributed by atoms with Crippen LogP contribution in [0, 0.1) is 0 Å². The van der Waals surface area contributed by atoms with Gasteiger partial charge < -0.3 is 10.1 Å². The summed E-state index contributed by atoms with van der Waals surface area (Å²) < 4.78 is 6.35. The van der Waals surface area contributed by atoms with Crippen LogP contribution in [-0.2, 0) is 14.3 Å². The van der Waals surface area contributed by atoms with Gasteiger partial charge in [-0.3, -0.25) is 19.4 Å². The minimum atomic E-state index is -0.488. The Morgan fingerprint density at radius 2 is 1.81 bits per heavy atom. The Kier molecular flexibility index (Phi) is 7.96. The normalized spacial score (nSPS) is 20.7. The molecule has 32 heavy (non-hydrogen) atoms. The minimum Gasteiger partial charge on any atom is -0.379 e. The molecule has 0 aromatic heterocycles. The SMILES string of the molecule is O=C(C[C@@H]1SC(=Nc2ccccc2)N(CCN2CCOCC2)C1=O)Nc1ccc(Br)cc1. The van der Waals surface area contributed by atoms with Gasteiger partial charge in [0.15, 0.2) is 5.17 Å². The third-order valence-electron chi connectivity index (χ3n) is 5.24. The Bertz CT molecular complexity index is 965. The first-order valence-electron chi connectivity index (χ1n) is 10.6. The van der Waals surface area contributed by atoms with Gasteiger partial charge in [0.05, 0.1) is 18.9 Å². The second kappa shape index (κ2) is 11.1. The highest BCUT2D eigenvalue weighted by atomic mass is 79.9. The maximum absolute atomic E-state index is 13.2. The first kappa shape index (κ1) is 23.0. The number of halogens is 1. The lowest BCUT2D eigenvalue weighted by atomic mass is 10.2. The van der Waals surface area contributed by atoms with E-state index in [4.69, 9.17) is 9.73 Å². The van der Waals surface area contributed by atoms with Crippen LogP contribution in [0.2, 0.25) is 0 Å². The van der Waals surface area contributed by atoms with Gasteiger partial charge in [0.25, 0.3) is 0 Å². The predicted octanol–water partition coefficient (Wildman–Crippen LogP) is 3.74. The molecule has 2 heterocycles. The smallest absolute Gasteiger partial charge is 0.242 e. The summed E-state index contributed by atoms with van der Waals surface area (Å²) in [6, 6.07) is 17.0. The maximum atomic E-state index is 13.2. The Labute approximate surface area is 200 Å². The number of nitrogens with one attached hydrogen (secondary N) is 1. The lowest BCUT2D eigenvalue weighted by molar-refractivity contribution is -0.128. The summed E-state index contributed by atoms with van der Waals surface area (Å²) in [7, 11) is 0. The number of carbonyl (C=O) groups is 2. The number of nitrogens with zero attached hydrogens (tertiary/aromatic N) is 3. The van der Waals surface area contributed by atoms with Crippen LogP contribution in [-0.4, -0.2) is 71.4 Å². The largest absolute Gasteiger partial charge is 0.379 e. The zero-order valence-electron chi connectivity index (χ0n) is 17.6. The number of amides is 2. The molecule has 2 aromatic rings. The fraction of sp³-hybridized carbons (Fsp3) is 0.348. The van der Waals surface area contributed by atoms with Crippen LogP contribution in [0.4, 0.5) is 11.4 Å². The minimum absolute atomic E-state index is 0.0658. The van der Waals surface area contributed by atoms with Gasteiger partial charge in [-0.15, -0.1) is 0 Å². The van der Waals surface area contributed by atoms with Crippen LogP contribution >= 0.6 is 27.7 Å². The Balaban J connectivity index is 1.44. The number of thioether (sulfide) groups is 1. The highest BCUT2D eigenvalue weighted by molar-refractivity contribution is 9.10. The zero-order valence-corrected chi connectivity index (χ0v) is 20.0. The molecule has 2 aliphatic heterocycles. The van der Waals surface area contributed by atoms with Gasteiger partial charge in [0.1, 0.15) is 5.25 Å². The molecule has 2 aliphatic rings. The Morgan fingerprint density at radius 1 is 1.09 bits per heavy atom. The quantitative estimate of drug-likeness (QED) is 0.606. The van der Waals surface area contributed by atoms with Crippen LogP contribution < -0.4 is 5.32 Å². The summed E-state index contributed by atoms with van der Waals surface area (Å²) in [6.07, 6.45) is 0.0986. The highest BCUT2D eigenvalue weighted by Gasteiger charge is 2.39. The van der Waals surface area contributed by atoms with E-state index < -0.39 is 5.25 Å². The number of amidine groups is 1. The monoisotopic (exact) mass is 516 g/mol. The summed E-state index contributed by atoms with van der Waals surface area (Å²) in [5.74, 6) is -0.254. The molecule has 0 bridgehead atoms. The van der Waals surface area contributed by atoms with E-state index in [1.165, 1.54) is 11.8 Å². The number of anilines is 1. The summed E-state index contributed by atoms with van der Waals surface area (Å²) in [6.45, 7) is 4.45. The van der Waals surface area contributed by atoms with Crippen LogP contribution in [0.3, 0.4) is 0 Å². The van der Waals surface area contributed by atoms with Crippen LogP contribution in [0.5, 0.6) is 0 Å². The van der Waals surface area contributed by atoms with Crippen molar-refractivity contribution in [3.05, 3.63) is 59.1 Å². The number of carbonyl (C=O) groups excluding carboxylic acids is 2. The van der Waals surface area contributed by atoms with Crippen LogP contribution in [0.25, 0.3) is 0 Å². The van der Waals surface area contributed by atoms with E-state index >= 15 is 0 Å². The van der Waals surface area contributed by atoms with Gasteiger partial charge in [0.2, 0.25) is 11.8 Å². The lowest BCUT2D eigenvalue weighted by Crippen LogP contribution is -2.43. The third kappa shape index (κ3) is 6.19. The number of ether oxygens (including phenoxy) is 1. The number of hydrogen-bond acceptors (Lipinski definition) is 6. The van der Waals surface area contributed by atoms with E-state index in [1.54, 1.807) is 4.90 Å². The Hall–Kier alpha value is -2.20. The second-order valence-electron chi connectivity index (χ2n) is 7.54. The van der Waals surface area contributed by atoms with Crippen molar-refractivity contribution < 1.29 is 14.3 Å². The number of benzene rings is 2. The predicted molar refractivity (Wildman–Crippen MR) is 131 cm³/mol. The molecule has 2 saturated heterocycles. The number of rotatable bonds is 7. The van der Waals surface area contributed by atoms with E-state index in [9.17, 15) is 9.59 Å². The summed E-state index contributed by atoms with van der Waals surface area (Å²) in [4.78, 5) is 34.5. The molecular weight excluding hydrogens is 492 g/mol. The van der Waals surface area contributed by atoms with Crippen molar-refractivity contribution in [1.82, 2.24) is 9.80 Å². The number of morpholine rings is 1. The summed E-state index contributed by atoms with van der Waals surface area (Å²) in [5.41, 5.74) is 1.50. The first-order valence-corrected chi connectivity index (χ1v) is 12.2. The standard InChI is InChI=1S/C23H25BrN4O3S/c24-17-6-8-19(9-7-17)25-21(29)16-20-22(30)28(11-10-27-12-14-31-15-13-27)23(32-20)26-18-4-2-1-3-5-18/h1-9,20H,10-16H2,(H,25,29)/t20-/m0/s1. The van der Waals surface area contributed by atoms with E-state index in [1.807, 2.05) is 54.6 Å². The fourth-order valence-corrected chi connectivity index (χ4v) is 4.97. The molecule has 0 saturated carbocycles. The van der Waals surface area contributed by atoms with Crippen molar-refractivity contribution in [1.29, 1.82) is 0 Å². The summed E-state index contributed by atoms with van der Waals surface area (Å²) >= 11 is 4.75. The van der Waals surface area contributed by atoms with Gasteiger partial charge in [0, 0.05) is 42.8 Å². The molecule has 1 atom stereocenters. The fourth-order valence-electron chi connectivity index (χ4n) is 3.52. The van der Waals surface area contributed by atoms with Crippen molar-refractivity contribution in [3.63, 3.8) is 0 Å². The van der Waals surface area contributed by atoms with Crippen molar-refractivity contribution in [2.24, 2.45) is 4.99 Å². The maximum Gasteiger partial charge on any atom is 0.242 e. The second-order valence-corrected chi connectivity index (χ2v) is 9.63. The molecule has 0 unspecified atom stereocenters. The molecule has 168 valence electrons. The molecule has 2 amide bonds. The average molecular weight is 517 g/mol. The van der Waals surface area contributed by atoms with E-state index in [0.29, 0.717) is 30.6 Å². The van der Waals surface area contributed by atoms with Gasteiger partial charge in [-0.2, -0.15) is 0 Å². The molecular formula is C23H25BrN4O3S. The molecule has 2 aromatic carbocycles. The number of hydrogen-bond donors (Lipinski definition) is 1. The summed E-state index contributed by atoms with van der Waals surface area (Å²) in [5, 5.41) is 3.03. The molecule has 0 spiro atoms. The van der Waals surface area contributed by atoms with Crippen molar-refractivity contribution in [2.45, 2.75) is 11.7 Å². The van der Waals surface area contributed by atoms with Crippen LogP contribution in [0.1, 0.15) is 6.42 Å². The van der Waals surface area contributed by atoms with E-state index in [0.717, 1.165) is 29.8 Å². The van der Waals surface area contributed by atoms with Crippen molar-refractivity contribution in [3.8, 4) is 0 Å². The first-order chi connectivity index (χ1) is 15.6. The van der Waals surface area contributed by atoms with Crippen LogP contribution in [0.15, 0.2) is 64.1 Å². The lowest BCUT2D eigenvalue weighted by Gasteiger charge is -2.28. The number of para-hydroxylation sites is 1. The molecule has 7 nitrogen and oxygen atoms in total. The third-order valence-corrected chi connectivity index (χ3v) is 6.95. The number of aliphatic imine (C=N–C) groups is 1. The average Bonchev–Trinajstić information content (AvgIpc) is 3.09. The molecule has 2 fully saturated rings. The molecule has 0 radical (unpaired) electrons. The molecule has 9 heteroatoms. The van der Waals surface area contributed by atoms with Crippen molar-refractivity contribution >= 4 is 56.0 Å². The molecule has 4 rings (SSSR count). The van der Waals surface area contributed by atoms with Gasteiger partial charge >= 0.3 is 0 Å². The Morgan fingerprint density at radius 3 is 2.53 bits per heavy atom. The molecule has 1 N–H and O–H groups in total. The highest BCUT2D eigenvalue weighted by Crippen LogP contribution is 2.32. The van der Waals surface area contributed by atoms with Gasteiger partial charge in [-0.05, 0) is 36.4 Å². The zero-order chi connectivity index (χ0) is 22.3. The van der Waals surface area contributed by atoms with Gasteiger partial charge in [-0.25, -0.2) is 4.99 Å². The van der Waals surface area contributed by atoms with Crippen molar-refractivity contribution in [2.75, 3.05) is 44.7 Å². The van der Waals surface area contributed by atoms with Gasteiger partial charge in [-0.1, -0.05) is 45.9 Å². The topological polar surface area (TPSA) is 74.2 Å².